The molecule has 0 atom stereocenters. The summed E-state index contributed by atoms with van der Waals surface area (Å²) in [4.78, 5) is 34.5. The number of aromatic nitrogens is 4. The van der Waals surface area contributed by atoms with Gasteiger partial charge in [-0.05, 0) is 43.7 Å². The summed E-state index contributed by atoms with van der Waals surface area (Å²) in [7, 11) is 3.27. The van der Waals surface area contributed by atoms with Crippen molar-refractivity contribution in [3.8, 4) is 23.3 Å². The molecule has 0 saturated carbocycles. The molecule has 2 amide bonds. The van der Waals surface area contributed by atoms with Gasteiger partial charge in [0, 0.05) is 36.8 Å². The van der Waals surface area contributed by atoms with Crippen LogP contribution in [0.25, 0.3) is 22.3 Å². The van der Waals surface area contributed by atoms with Gasteiger partial charge in [0.05, 0.1) is 47.7 Å². The van der Waals surface area contributed by atoms with E-state index in [2.05, 4.69) is 21.0 Å². The molecule has 0 spiro atoms. The fraction of sp³-hybridized carbons (Fsp3) is 0.231. The minimum Gasteiger partial charge on any atom is -0.467 e. The Labute approximate surface area is 202 Å². The maximum Gasteiger partial charge on any atom is 0.329 e. The van der Waals surface area contributed by atoms with E-state index in [4.69, 9.17) is 9.72 Å². The number of rotatable bonds is 4. The number of fused-ring (bicyclic) bond motifs is 3. The zero-order valence-electron chi connectivity index (χ0n) is 19.9. The van der Waals surface area contributed by atoms with E-state index in [-0.39, 0.29) is 12.0 Å². The molecule has 9 heteroatoms. The second kappa shape index (κ2) is 8.33. The van der Waals surface area contributed by atoms with E-state index in [1.807, 2.05) is 50.2 Å². The average Bonchev–Trinajstić information content (AvgIpc) is 2.89. The molecule has 1 aromatic carbocycles. The lowest BCUT2D eigenvalue weighted by Crippen LogP contribution is -2.42. The molecule has 0 unspecified atom stereocenters. The number of nitriles is 1. The predicted octanol–water partition coefficient (Wildman–Crippen LogP) is 4.60. The van der Waals surface area contributed by atoms with E-state index in [0.29, 0.717) is 34.6 Å². The average molecular weight is 466 g/mol. The summed E-state index contributed by atoms with van der Waals surface area (Å²) >= 11 is 0. The molecule has 0 fully saturated rings. The summed E-state index contributed by atoms with van der Waals surface area (Å²) in [5.74, 6) is 0. The molecule has 3 aromatic heterocycles. The number of hydrogen-bond acceptors (Lipinski definition) is 7. The topological polar surface area (TPSA) is 108 Å². The first-order chi connectivity index (χ1) is 16.8. The summed E-state index contributed by atoms with van der Waals surface area (Å²) in [6, 6.07) is 13.7. The molecular formula is C26H23N7O2. The Bertz CT molecular complexity index is 1480. The molecule has 35 heavy (non-hydrogen) atoms. The van der Waals surface area contributed by atoms with Gasteiger partial charge in [-0.3, -0.25) is 9.88 Å². The Morgan fingerprint density at radius 2 is 1.74 bits per heavy atom. The van der Waals surface area contributed by atoms with E-state index < -0.39 is 5.41 Å². The van der Waals surface area contributed by atoms with Crippen molar-refractivity contribution in [1.82, 2.24) is 24.8 Å². The van der Waals surface area contributed by atoms with Crippen LogP contribution >= 0.6 is 0 Å². The third-order valence-electron chi connectivity index (χ3n) is 6.14. The van der Waals surface area contributed by atoms with E-state index >= 15 is 0 Å². The van der Waals surface area contributed by atoms with Gasteiger partial charge in [0.2, 0.25) is 0 Å². The SMILES string of the molecule is COc1ncc(-c2ccc3ncc4c(c3n2)N(c2ccc(C(C)(C)C#N)cc2)C(=O)N(C)C4)cn1. The first-order valence-electron chi connectivity index (χ1n) is 11.0. The maximum atomic E-state index is 13.4. The number of urea groups is 1. The lowest BCUT2D eigenvalue weighted by atomic mass is 9.86. The van der Waals surface area contributed by atoms with Crippen molar-refractivity contribution in [3.63, 3.8) is 0 Å². The Balaban J connectivity index is 1.67. The van der Waals surface area contributed by atoms with Gasteiger partial charge in [-0.15, -0.1) is 0 Å². The van der Waals surface area contributed by atoms with Gasteiger partial charge in [-0.2, -0.15) is 5.26 Å². The fourth-order valence-corrected chi connectivity index (χ4v) is 4.09. The minimum absolute atomic E-state index is 0.169. The van der Waals surface area contributed by atoms with E-state index in [1.54, 1.807) is 35.4 Å². The maximum absolute atomic E-state index is 13.4. The largest absolute Gasteiger partial charge is 0.467 e. The molecule has 0 bridgehead atoms. The van der Waals surface area contributed by atoms with E-state index in [9.17, 15) is 10.1 Å². The normalized spacial score (nSPS) is 13.5. The Morgan fingerprint density at radius 3 is 2.40 bits per heavy atom. The molecule has 5 rings (SSSR count). The van der Waals surface area contributed by atoms with Crippen LogP contribution in [0.3, 0.4) is 0 Å². The van der Waals surface area contributed by atoms with Gasteiger partial charge >= 0.3 is 12.0 Å². The van der Waals surface area contributed by atoms with E-state index in [1.165, 1.54) is 7.11 Å². The Hall–Kier alpha value is -4.58. The summed E-state index contributed by atoms with van der Waals surface area (Å²) in [6.45, 7) is 4.15. The van der Waals surface area contributed by atoms with Gasteiger partial charge in [-0.1, -0.05) is 12.1 Å². The standard InChI is InChI=1S/C26H23N7O2/c1-26(2,15-27)18-5-7-19(8-6-18)33-23-17(14-32(3)25(33)34)13-28-21-10-9-20(31-22(21)23)16-11-29-24(35-4)30-12-16/h5-13H,14H2,1-4H3. The zero-order chi connectivity index (χ0) is 24.7. The number of nitrogens with zero attached hydrogens (tertiary/aromatic N) is 7. The lowest BCUT2D eigenvalue weighted by molar-refractivity contribution is 0.213. The number of anilines is 2. The van der Waals surface area contributed by atoms with Gasteiger partial charge in [-0.25, -0.2) is 19.7 Å². The molecule has 0 N–H and O–H groups in total. The molecule has 1 aliphatic heterocycles. The number of carbonyl (C=O) groups excluding carboxylic acids is 1. The summed E-state index contributed by atoms with van der Waals surface area (Å²) < 4.78 is 5.05. The van der Waals surface area contributed by atoms with Crippen LogP contribution in [0, 0.1) is 11.3 Å². The molecule has 1 aliphatic rings. The van der Waals surface area contributed by atoms with Gasteiger partial charge in [0.1, 0.15) is 5.52 Å². The van der Waals surface area contributed by atoms with Crippen molar-refractivity contribution >= 4 is 28.4 Å². The summed E-state index contributed by atoms with van der Waals surface area (Å²) in [5.41, 5.74) is 5.18. The van der Waals surface area contributed by atoms with Crippen LogP contribution in [0.15, 0.2) is 55.0 Å². The minimum atomic E-state index is -0.632. The Morgan fingerprint density at radius 1 is 1.03 bits per heavy atom. The number of benzene rings is 1. The van der Waals surface area contributed by atoms with Crippen molar-refractivity contribution in [2.75, 3.05) is 19.1 Å². The smallest absolute Gasteiger partial charge is 0.329 e. The van der Waals surface area contributed by atoms with Crippen LogP contribution in [0.5, 0.6) is 6.01 Å². The highest BCUT2D eigenvalue weighted by atomic mass is 16.5. The van der Waals surface area contributed by atoms with Crippen LogP contribution in [0.4, 0.5) is 16.2 Å². The third kappa shape index (κ3) is 3.79. The van der Waals surface area contributed by atoms with Crippen molar-refractivity contribution in [3.05, 3.63) is 66.1 Å². The van der Waals surface area contributed by atoms with Crippen LogP contribution in [0.2, 0.25) is 0 Å². The lowest BCUT2D eigenvalue weighted by Gasteiger charge is -2.35. The third-order valence-corrected chi connectivity index (χ3v) is 6.14. The summed E-state index contributed by atoms with van der Waals surface area (Å²) in [6.07, 6.45) is 5.09. The second-order valence-corrected chi connectivity index (χ2v) is 8.91. The molecule has 174 valence electrons. The van der Waals surface area contributed by atoms with Crippen molar-refractivity contribution in [2.24, 2.45) is 0 Å². The van der Waals surface area contributed by atoms with Crippen LogP contribution in [-0.2, 0) is 12.0 Å². The highest BCUT2D eigenvalue weighted by molar-refractivity contribution is 6.08. The second-order valence-electron chi connectivity index (χ2n) is 8.91. The van der Waals surface area contributed by atoms with Crippen molar-refractivity contribution in [1.29, 1.82) is 5.26 Å². The Kier molecular flexibility index (Phi) is 5.29. The van der Waals surface area contributed by atoms with Gasteiger partial charge in [0.25, 0.3) is 0 Å². The first kappa shape index (κ1) is 22.2. The van der Waals surface area contributed by atoms with E-state index in [0.717, 1.165) is 16.7 Å². The molecule has 4 heterocycles. The quantitative estimate of drug-likeness (QED) is 0.433. The summed E-state index contributed by atoms with van der Waals surface area (Å²) in [5, 5.41) is 9.49. The molecule has 9 nitrogen and oxygen atoms in total. The zero-order valence-corrected chi connectivity index (χ0v) is 19.9. The number of pyridine rings is 2. The van der Waals surface area contributed by atoms with Crippen LogP contribution < -0.4 is 9.64 Å². The fourth-order valence-electron chi connectivity index (χ4n) is 4.09. The number of hydrogen-bond donors (Lipinski definition) is 0. The first-order valence-corrected chi connectivity index (χ1v) is 11.0. The number of carbonyl (C=O) groups is 1. The molecule has 0 radical (unpaired) electrons. The monoisotopic (exact) mass is 465 g/mol. The van der Waals surface area contributed by atoms with Crippen molar-refractivity contribution in [2.45, 2.75) is 25.8 Å². The van der Waals surface area contributed by atoms with Crippen LogP contribution in [-0.4, -0.2) is 45.0 Å². The molecule has 0 saturated heterocycles. The predicted molar refractivity (Wildman–Crippen MR) is 131 cm³/mol. The van der Waals surface area contributed by atoms with Gasteiger partial charge < -0.3 is 9.64 Å². The number of methoxy groups -OCH3 is 1. The highest BCUT2D eigenvalue weighted by Crippen LogP contribution is 2.39. The number of ether oxygens (including phenoxy) is 1. The molecular weight excluding hydrogens is 442 g/mol. The number of amides is 2. The molecule has 4 aromatic rings. The highest BCUT2D eigenvalue weighted by Gasteiger charge is 2.32. The van der Waals surface area contributed by atoms with Gasteiger partial charge in [0.15, 0.2) is 0 Å². The van der Waals surface area contributed by atoms with Crippen LogP contribution in [0.1, 0.15) is 25.0 Å². The van der Waals surface area contributed by atoms with Crippen molar-refractivity contribution < 1.29 is 9.53 Å². The molecule has 0 aliphatic carbocycles.